The minimum atomic E-state index is -3.49. The lowest BCUT2D eigenvalue weighted by atomic mass is 10.2. The normalized spacial score (nSPS) is 11.5. The number of benzene rings is 2. The van der Waals surface area contributed by atoms with Crippen molar-refractivity contribution in [3.8, 4) is 0 Å². The van der Waals surface area contributed by atoms with Crippen LogP contribution >= 0.6 is 11.8 Å². The predicted molar refractivity (Wildman–Crippen MR) is 123 cm³/mol. The highest BCUT2D eigenvalue weighted by molar-refractivity contribution is 7.99. The Morgan fingerprint density at radius 3 is 2.29 bits per heavy atom. The average molecular weight is 456 g/mol. The van der Waals surface area contributed by atoms with Crippen LogP contribution in [0.5, 0.6) is 0 Å². The van der Waals surface area contributed by atoms with Crippen molar-refractivity contribution < 1.29 is 13.2 Å². The van der Waals surface area contributed by atoms with Gasteiger partial charge < -0.3 is 5.32 Å². The highest BCUT2D eigenvalue weighted by atomic mass is 32.2. The van der Waals surface area contributed by atoms with Crippen molar-refractivity contribution in [2.45, 2.75) is 35.2 Å². The summed E-state index contributed by atoms with van der Waals surface area (Å²) in [5.74, 6) is -0.230. The van der Waals surface area contributed by atoms with Crippen LogP contribution in [0.15, 0.2) is 87.7 Å². The lowest BCUT2D eigenvalue weighted by Gasteiger charge is -2.18. The Morgan fingerprint density at radius 2 is 1.65 bits per heavy atom. The number of rotatable bonds is 9. The number of hydrogen-bond acceptors (Lipinski definition) is 5. The van der Waals surface area contributed by atoms with E-state index in [2.05, 4.69) is 10.3 Å². The lowest BCUT2D eigenvalue weighted by molar-refractivity contribution is 0.0947. The maximum atomic E-state index is 12.8. The molecule has 6 nitrogen and oxygen atoms in total. The van der Waals surface area contributed by atoms with Crippen LogP contribution in [0.3, 0.4) is 0 Å². The highest BCUT2D eigenvalue weighted by Gasteiger charge is 2.21. The topological polar surface area (TPSA) is 79.4 Å². The van der Waals surface area contributed by atoms with Gasteiger partial charge in [0.25, 0.3) is 5.91 Å². The number of aromatic nitrogens is 1. The second-order valence-corrected chi connectivity index (χ2v) is 9.69. The van der Waals surface area contributed by atoms with Crippen molar-refractivity contribution in [3.05, 3.63) is 84.1 Å². The Kier molecular flexibility index (Phi) is 7.84. The van der Waals surface area contributed by atoms with Gasteiger partial charge in [0.2, 0.25) is 10.0 Å². The van der Waals surface area contributed by atoms with Gasteiger partial charge in [-0.05, 0) is 42.0 Å². The molecular formula is C23H25N3O3S2. The standard InChI is InChI=1S/C23H25N3O3S2/c1-3-26(4-2)31(28,29)20-14-12-18(13-15-20)17-25-22(27)21-11-8-16-24-23(21)30-19-9-6-5-7-10-19/h5-16H,3-4,17H2,1-2H3,(H,25,27). The van der Waals surface area contributed by atoms with Gasteiger partial charge >= 0.3 is 0 Å². The van der Waals surface area contributed by atoms with Gasteiger partial charge in [0.15, 0.2) is 0 Å². The number of carbonyl (C=O) groups excluding carboxylic acids is 1. The van der Waals surface area contributed by atoms with E-state index >= 15 is 0 Å². The molecule has 0 atom stereocenters. The van der Waals surface area contributed by atoms with Crippen molar-refractivity contribution in [2.75, 3.05) is 13.1 Å². The molecule has 0 aliphatic rings. The molecule has 0 spiro atoms. The van der Waals surface area contributed by atoms with Crippen LogP contribution in [0.2, 0.25) is 0 Å². The summed E-state index contributed by atoms with van der Waals surface area (Å²) in [5.41, 5.74) is 1.31. The zero-order valence-corrected chi connectivity index (χ0v) is 19.1. The van der Waals surface area contributed by atoms with Gasteiger partial charge in [-0.25, -0.2) is 13.4 Å². The fraction of sp³-hybridized carbons (Fsp3) is 0.217. The summed E-state index contributed by atoms with van der Waals surface area (Å²) in [7, 11) is -3.49. The molecule has 0 saturated carbocycles. The van der Waals surface area contributed by atoms with Gasteiger partial charge in [0.05, 0.1) is 10.5 Å². The molecular weight excluding hydrogens is 430 g/mol. The summed E-state index contributed by atoms with van der Waals surface area (Å²) in [6.07, 6.45) is 1.66. The summed E-state index contributed by atoms with van der Waals surface area (Å²) in [6, 6.07) is 19.8. The van der Waals surface area contributed by atoms with Crippen molar-refractivity contribution in [3.63, 3.8) is 0 Å². The van der Waals surface area contributed by atoms with E-state index in [1.54, 1.807) is 42.6 Å². The third-order valence-electron chi connectivity index (χ3n) is 4.69. The number of nitrogens with zero attached hydrogens (tertiary/aromatic N) is 2. The molecule has 31 heavy (non-hydrogen) atoms. The van der Waals surface area contributed by atoms with Crippen LogP contribution < -0.4 is 5.32 Å². The SMILES string of the molecule is CCN(CC)S(=O)(=O)c1ccc(CNC(=O)c2cccnc2Sc2ccccc2)cc1. The smallest absolute Gasteiger partial charge is 0.254 e. The molecule has 162 valence electrons. The minimum Gasteiger partial charge on any atom is -0.348 e. The first-order chi connectivity index (χ1) is 15.0. The number of amides is 1. The number of hydrogen-bond donors (Lipinski definition) is 1. The first-order valence-corrected chi connectivity index (χ1v) is 12.3. The zero-order valence-electron chi connectivity index (χ0n) is 17.5. The van der Waals surface area contributed by atoms with E-state index in [1.807, 2.05) is 44.2 Å². The average Bonchev–Trinajstić information content (AvgIpc) is 2.79. The van der Waals surface area contributed by atoms with Gasteiger partial charge in [-0.2, -0.15) is 4.31 Å². The van der Waals surface area contributed by atoms with E-state index < -0.39 is 10.0 Å². The van der Waals surface area contributed by atoms with Crippen molar-refractivity contribution in [1.29, 1.82) is 0 Å². The van der Waals surface area contributed by atoms with Gasteiger partial charge in [-0.1, -0.05) is 55.9 Å². The fourth-order valence-corrected chi connectivity index (χ4v) is 5.37. The van der Waals surface area contributed by atoms with E-state index in [0.717, 1.165) is 10.5 Å². The van der Waals surface area contributed by atoms with E-state index in [0.29, 0.717) is 23.7 Å². The van der Waals surface area contributed by atoms with Crippen LogP contribution in [0.4, 0.5) is 0 Å². The molecule has 3 rings (SSSR count). The Balaban J connectivity index is 1.68. The molecule has 0 unspecified atom stereocenters. The molecule has 1 amide bonds. The molecule has 0 fully saturated rings. The zero-order chi connectivity index (χ0) is 22.3. The molecule has 1 N–H and O–H groups in total. The van der Waals surface area contributed by atoms with Crippen LogP contribution in [-0.2, 0) is 16.6 Å². The van der Waals surface area contributed by atoms with E-state index in [-0.39, 0.29) is 17.3 Å². The van der Waals surface area contributed by atoms with Crippen molar-refractivity contribution in [2.24, 2.45) is 0 Å². The Morgan fingerprint density at radius 1 is 0.968 bits per heavy atom. The minimum absolute atomic E-state index is 0.230. The number of pyridine rings is 1. The molecule has 1 heterocycles. The van der Waals surface area contributed by atoms with Crippen LogP contribution in [-0.4, -0.2) is 36.7 Å². The summed E-state index contributed by atoms with van der Waals surface area (Å²) in [6.45, 7) is 4.76. The first-order valence-electron chi connectivity index (χ1n) is 10.0. The molecule has 8 heteroatoms. The maximum Gasteiger partial charge on any atom is 0.254 e. The fourth-order valence-electron chi connectivity index (χ4n) is 3.01. The Labute approximate surface area is 187 Å². The van der Waals surface area contributed by atoms with E-state index in [1.165, 1.54) is 16.1 Å². The van der Waals surface area contributed by atoms with Crippen LogP contribution in [0.1, 0.15) is 29.8 Å². The predicted octanol–water partition coefficient (Wildman–Crippen LogP) is 4.19. The lowest BCUT2D eigenvalue weighted by Crippen LogP contribution is -2.30. The largest absolute Gasteiger partial charge is 0.348 e. The quantitative estimate of drug-likeness (QED) is 0.523. The summed E-state index contributed by atoms with van der Waals surface area (Å²) >= 11 is 1.43. The summed E-state index contributed by atoms with van der Waals surface area (Å²) < 4.78 is 26.6. The van der Waals surface area contributed by atoms with Gasteiger partial charge in [-0.15, -0.1) is 0 Å². The Hall–Kier alpha value is -2.68. The molecule has 0 aliphatic heterocycles. The van der Waals surface area contributed by atoms with Crippen molar-refractivity contribution in [1.82, 2.24) is 14.6 Å². The molecule has 1 aromatic heterocycles. The number of sulfonamides is 1. The van der Waals surface area contributed by atoms with Gasteiger partial charge in [0, 0.05) is 30.7 Å². The van der Waals surface area contributed by atoms with Gasteiger partial charge in [0.1, 0.15) is 5.03 Å². The molecule has 0 radical (unpaired) electrons. The van der Waals surface area contributed by atoms with Crippen LogP contribution in [0, 0.1) is 0 Å². The third kappa shape index (κ3) is 5.72. The second kappa shape index (κ2) is 10.6. The monoisotopic (exact) mass is 455 g/mol. The third-order valence-corrected chi connectivity index (χ3v) is 7.78. The summed E-state index contributed by atoms with van der Waals surface area (Å²) in [5, 5.41) is 3.52. The molecule has 3 aromatic rings. The van der Waals surface area contributed by atoms with E-state index in [4.69, 9.17) is 0 Å². The molecule has 0 saturated heterocycles. The number of carbonyl (C=O) groups is 1. The molecule has 0 aliphatic carbocycles. The van der Waals surface area contributed by atoms with Crippen LogP contribution in [0.25, 0.3) is 0 Å². The first kappa shape index (κ1) is 23.0. The second-order valence-electron chi connectivity index (χ2n) is 6.69. The molecule has 0 bridgehead atoms. The van der Waals surface area contributed by atoms with Crippen molar-refractivity contribution >= 4 is 27.7 Å². The summed E-state index contributed by atoms with van der Waals surface area (Å²) in [4.78, 5) is 18.4. The van der Waals surface area contributed by atoms with E-state index in [9.17, 15) is 13.2 Å². The maximum absolute atomic E-state index is 12.8. The molecule has 2 aromatic carbocycles. The highest BCUT2D eigenvalue weighted by Crippen LogP contribution is 2.28. The number of nitrogens with one attached hydrogen (secondary N) is 1. The Bertz CT molecular complexity index is 1110. The van der Waals surface area contributed by atoms with Gasteiger partial charge in [-0.3, -0.25) is 4.79 Å².